The van der Waals surface area contributed by atoms with Crippen LogP contribution in [0.4, 0.5) is 0 Å². The third-order valence-electron chi connectivity index (χ3n) is 10.3. The van der Waals surface area contributed by atoms with Crippen LogP contribution >= 0.6 is 0 Å². The van der Waals surface area contributed by atoms with Crippen LogP contribution in [-0.4, -0.2) is 75.5 Å². The molecule has 0 radical (unpaired) electrons. The van der Waals surface area contributed by atoms with Gasteiger partial charge in [0.25, 0.3) is 0 Å². The molecule has 0 aliphatic heterocycles. The number of quaternary nitrogens is 1. The van der Waals surface area contributed by atoms with Crippen LogP contribution in [0.5, 0.6) is 0 Å². The number of rotatable bonds is 42. The minimum atomic E-state index is -1.14. The Hall–Kier alpha value is -3.49. The van der Waals surface area contributed by atoms with E-state index in [2.05, 4.69) is 98.9 Å². The van der Waals surface area contributed by atoms with Gasteiger partial charge in [-0.05, 0) is 77.0 Å². The number of carbonyl (C=O) groups is 3. The van der Waals surface area contributed by atoms with E-state index in [1.54, 1.807) is 21.1 Å². The first-order valence-electron chi connectivity index (χ1n) is 24.1. The first-order chi connectivity index (χ1) is 29.6. The summed E-state index contributed by atoms with van der Waals surface area (Å²) in [6.45, 7) is 4.46. The van der Waals surface area contributed by atoms with Crippen molar-refractivity contribution in [1.82, 2.24) is 0 Å². The minimum Gasteiger partial charge on any atom is -0.544 e. The molecule has 0 aromatic rings. The standard InChI is InChI=1S/C53H89NO7/c1-6-8-10-12-14-16-18-20-22-24-25-26-28-29-31-33-35-37-39-41-43-51(55)60-48-49(47-59-46-45-50(53(57)58)54(3,4)5)61-52(56)44-42-40-38-36-34-32-30-27-23-21-19-17-15-13-11-9-7-2/h9,11,15-18,20-23,30,32,36,38,49-50H,6-8,10,12-14,19,24-29,31,33-35,37,39-48H2,1-5H3/b11-9+,17-15+,18-16+,22-20+,23-21+,32-30+,38-36+. The van der Waals surface area contributed by atoms with Crippen molar-refractivity contribution in [3.63, 3.8) is 0 Å². The van der Waals surface area contributed by atoms with Crippen LogP contribution in [0.3, 0.4) is 0 Å². The fourth-order valence-electron chi connectivity index (χ4n) is 6.57. The van der Waals surface area contributed by atoms with Crippen molar-refractivity contribution in [2.24, 2.45) is 0 Å². The van der Waals surface area contributed by atoms with Crippen LogP contribution in [0, 0.1) is 0 Å². The molecule has 8 nitrogen and oxygen atoms in total. The number of carboxylic acid groups (broad SMARTS) is 1. The molecule has 348 valence electrons. The first-order valence-corrected chi connectivity index (χ1v) is 24.1. The van der Waals surface area contributed by atoms with Gasteiger partial charge < -0.3 is 28.6 Å². The third kappa shape index (κ3) is 41.6. The van der Waals surface area contributed by atoms with Gasteiger partial charge in [0, 0.05) is 19.3 Å². The zero-order chi connectivity index (χ0) is 44.9. The van der Waals surface area contributed by atoms with Crippen LogP contribution in [0.2, 0.25) is 0 Å². The largest absolute Gasteiger partial charge is 0.544 e. The summed E-state index contributed by atoms with van der Waals surface area (Å²) >= 11 is 0. The van der Waals surface area contributed by atoms with Crippen molar-refractivity contribution < 1.29 is 38.2 Å². The Balaban J connectivity index is 4.38. The number of carbonyl (C=O) groups excluding carboxylic acids is 3. The van der Waals surface area contributed by atoms with Crippen LogP contribution in [0.15, 0.2) is 85.1 Å². The number of hydrogen-bond donors (Lipinski definition) is 0. The molecule has 0 rings (SSSR count). The average Bonchev–Trinajstić information content (AvgIpc) is 3.22. The molecule has 0 amide bonds. The van der Waals surface area contributed by atoms with Crippen molar-refractivity contribution in [3.8, 4) is 0 Å². The van der Waals surface area contributed by atoms with Crippen molar-refractivity contribution in [2.45, 2.75) is 193 Å². The predicted octanol–water partition coefficient (Wildman–Crippen LogP) is 12.4. The maximum Gasteiger partial charge on any atom is 0.306 e. The lowest BCUT2D eigenvalue weighted by Gasteiger charge is -2.34. The van der Waals surface area contributed by atoms with Gasteiger partial charge in [-0.3, -0.25) is 9.59 Å². The number of esters is 2. The maximum atomic E-state index is 12.7. The molecule has 0 bridgehead atoms. The molecule has 0 aliphatic carbocycles. The molecular formula is C53H89NO7. The van der Waals surface area contributed by atoms with Gasteiger partial charge in [0.1, 0.15) is 12.6 Å². The number of carboxylic acids is 1. The molecule has 0 fully saturated rings. The van der Waals surface area contributed by atoms with E-state index < -0.39 is 18.1 Å². The molecule has 0 spiro atoms. The molecule has 0 saturated carbocycles. The molecular weight excluding hydrogens is 763 g/mol. The Morgan fingerprint density at radius 3 is 1.49 bits per heavy atom. The summed E-state index contributed by atoms with van der Waals surface area (Å²) in [7, 11) is 5.38. The zero-order valence-electron chi connectivity index (χ0n) is 39.5. The molecule has 0 aliphatic rings. The third-order valence-corrected chi connectivity index (χ3v) is 10.3. The van der Waals surface area contributed by atoms with Gasteiger partial charge in [0.15, 0.2) is 6.10 Å². The number of allylic oxidation sites excluding steroid dienone is 14. The van der Waals surface area contributed by atoms with E-state index in [0.29, 0.717) is 12.8 Å². The number of nitrogens with zero attached hydrogens (tertiary/aromatic N) is 1. The minimum absolute atomic E-state index is 0.0126. The SMILES string of the molecule is CC/C=C/C/C=C/C/C=C/C/C=C/C/C=C/CCCC(=O)OC(COCCC(C(=O)[O-])[N+](C)(C)C)COC(=O)CCCCCCCCCCCC/C=C/C=C/CCCCCC. The van der Waals surface area contributed by atoms with E-state index in [1.165, 1.54) is 83.5 Å². The van der Waals surface area contributed by atoms with E-state index in [0.717, 1.165) is 57.8 Å². The van der Waals surface area contributed by atoms with Gasteiger partial charge in [-0.2, -0.15) is 0 Å². The second-order valence-corrected chi connectivity index (χ2v) is 17.0. The summed E-state index contributed by atoms with van der Waals surface area (Å²) in [4.78, 5) is 36.9. The van der Waals surface area contributed by atoms with Crippen LogP contribution in [0.25, 0.3) is 0 Å². The highest BCUT2D eigenvalue weighted by atomic mass is 16.6. The summed E-state index contributed by atoms with van der Waals surface area (Å²) in [6.07, 6.45) is 56.2. The van der Waals surface area contributed by atoms with Gasteiger partial charge in [0.05, 0.1) is 40.3 Å². The Kier molecular flexibility index (Phi) is 40.7. The Morgan fingerprint density at radius 2 is 0.984 bits per heavy atom. The van der Waals surface area contributed by atoms with Crippen molar-refractivity contribution in [2.75, 3.05) is 41.0 Å². The Morgan fingerprint density at radius 1 is 0.525 bits per heavy atom. The normalized spacial score (nSPS) is 13.7. The van der Waals surface area contributed by atoms with Crippen LogP contribution in [-0.2, 0) is 28.6 Å². The number of ether oxygens (including phenoxy) is 3. The molecule has 61 heavy (non-hydrogen) atoms. The molecule has 0 aromatic heterocycles. The Labute approximate surface area is 373 Å². The molecule has 0 heterocycles. The summed E-state index contributed by atoms with van der Waals surface area (Å²) < 4.78 is 17.1. The van der Waals surface area contributed by atoms with Gasteiger partial charge >= 0.3 is 11.9 Å². The molecule has 2 unspecified atom stereocenters. The summed E-state index contributed by atoms with van der Waals surface area (Å²) in [5.74, 6) is -1.82. The highest BCUT2D eigenvalue weighted by Gasteiger charge is 2.25. The number of hydrogen-bond acceptors (Lipinski definition) is 7. The van der Waals surface area contributed by atoms with Crippen molar-refractivity contribution in [1.29, 1.82) is 0 Å². The average molecular weight is 852 g/mol. The van der Waals surface area contributed by atoms with Crippen molar-refractivity contribution in [3.05, 3.63) is 85.1 Å². The fourth-order valence-corrected chi connectivity index (χ4v) is 6.57. The van der Waals surface area contributed by atoms with E-state index in [1.807, 2.05) is 0 Å². The smallest absolute Gasteiger partial charge is 0.306 e. The van der Waals surface area contributed by atoms with Gasteiger partial charge in [-0.15, -0.1) is 0 Å². The van der Waals surface area contributed by atoms with Crippen LogP contribution in [0.1, 0.15) is 181 Å². The second-order valence-electron chi connectivity index (χ2n) is 17.0. The van der Waals surface area contributed by atoms with Gasteiger partial charge in [-0.25, -0.2) is 0 Å². The number of unbranched alkanes of at least 4 members (excludes halogenated alkanes) is 15. The van der Waals surface area contributed by atoms with Crippen molar-refractivity contribution >= 4 is 17.9 Å². The molecule has 0 N–H and O–H groups in total. The van der Waals surface area contributed by atoms with E-state index >= 15 is 0 Å². The first kappa shape index (κ1) is 57.5. The Bertz CT molecular complexity index is 1270. The second kappa shape index (κ2) is 43.2. The van der Waals surface area contributed by atoms with Crippen LogP contribution < -0.4 is 5.11 Å². The molecule has 0 aromatic carbocycles. The highest BCUT2D eigenvalue weighted by Crippen LogP contribution is 2.14. The summed E-state index contributed by atoms with van der Waals surface area (Å²) in [5, 5.41) is 11.6. The number of likely N-dealkylation sites (N-methyl/N-ethyl adjacent to an activating group) is 1. The zero-order valence-corrected chi connectivity index (χ0v) is 39.5. The predicted molar refractivity (Wildman–Crippen MR) is 254 cm³/mol. The fraction of sp³-hybridized carbons (Fsp3) is 0.679. The highest BCUT2D eigenvalue weighted by molar-refractivity contribution is 5.70. The molecule has 8 heteroatoms. The molecule has 0 saturated heterocycles. The quantitative estimate of drug-likeness (QED) is 0.0198. The van der Waals surface area contributed by atoms with Gasteiger partial charge in [-0.1, -0.05) is 170 Å². The van der Waals surface area contributed by atoms with Gasteiger partial charge in [0.2, 0.25) is 0 Å². The summed E-state index contributed by atoms with van der Waals surface area (Å²) in [5.41, 5.74) is 0. The van der Waals surface area contributed by atoms with E-state index in [9.17, 15) is 19.5 Å². The lowest BCUT2D eigenvalue weighted by Crippen LogP contribution is -2.55. The van der Waals surface area contributed by atoms with E-state index in [4.69, 9.17) is 14.2 Å². The number of aliphatic carboxylic acids is 1. The maximum absolute atomic E-state index is 12.7. The lowest BCUT2D eigenvalue weighted by molar-refractivity contribution is -0.889. The summed E-state index contributed by atoms with van der Waals surface area (Å²) in [6, 6.07) is -0.741. The lowest BCUT2D eigenvalue weighted by atomic mass is 10.1. The molecule has 2 atom stereocenters. The van der Waals surface area contributed by atoms with E-state index in [-0.39, 0.29) is 49.1 Å². The topological polar surface area (TPSA) is 102 Å². The monoisotopic (exact) mass is 852 g/mol.